The highest BCUT2D eigenvalue weighted by atomic mass is 16.2. The van der Waals surface area contributed by atoms with Gasteiger partial charge in [0.05, 0.1) is 11.0 Å². The predicted molar refractivity (Wildman–Crippen MR) is 119 cm³/mol. The zero-order valence-corrected chi connectivity index (χ0v) is 16.3. The first-order chi connectivity index (χ1) is 13.9. The molecule has 0 saturated heterocycles. The van der Waals surface area contributed by atoms with Gasteiger partial charge in [0.15, 0.2) is 0 Å². The van der Waals surface area contributed by atoms with Crippen molar-refractivity contribution in [3.63, 3.8) is 0 Å². The number of aromatic nitrogens is 2. The molecule has 2 amide bonds. The molecule has 0 unspecified atom stereocenters. The smallest absolute Gasteiger partial charge is 0.323 e. The number of aryl methyl sites for hydroxylation is 2. The molecule has 0 atom stereocenters. The Kier molecular flexibility index (Phi) is 4.64. The van der Waals surface area contributed by atoms with Crippen molar-refractivity contribution in [2.24, 2.45) is 0 Å². The van der Waals surface area contributed by atoms with Gasteiger partial charge in [0.25, 0.3) is 0 Å². The van der Waals surface area contributed by atoms with Crippen LogP contribution in [0.4, 0.5) is 27.5 Å². The lowest BCUT2D eigenvalue weighted by Gasteiger charge is -2.11. The van der Waals surface area contributed by atoms with E-state index in [1.165, 1.54) is 0 Å². The number of amides is 2. The van der Waals surface area contributed by atoms with Gasteiger partial charge >= 0.3 is 6.03 Å². The molecule has 4 aromatic rings. The van der Waals surface area contributed by atoms with E-state index in [0.717, 1.165) is 39.6 Å². The highest BCUT2D eigenvalue weighted by Gasteiger charge is 2.08. The maximum absolute atomic E-state index is 12.5. The molecular formula is C22H22N6O. The molecule has 0 aliphatic rings. The summed E-state index contributed by atoms with van der Waals surface area (Å²) in [6.07, 6.45) is 0.813. The molecule has 2 aromatic carbocycles. The van der Waals surface area contributed by atoms with Gasteiger partial charge in [0.1, 0.15) is 0 Å². The van der Waals surface area contributed by atoms with Crippen molar-refractivity contribution in [1.82, 2.24) is 9.97 Å². The van der Waals surface area contributed by atoms with Gasteiger partial charge in [0.2, 0.25) is 0 Å². The molecule has 2 aromatic heterocycles. The van der Waals surface area contributed by atoms with E-state index in [2.05, 4.69) is 20.6 Å². The number of pyridine rings is 2. The molecule has 146 valence electrons. The van der Waals surface area contributed by atoms with Crippen LogP contribution in [0.3, 0.4) is 0 Å². The second-order valence-corrected chi connectivity index (χ2v) is 6.95. The molecule has 7 heteroatoms. The Labute approximate surface area is 168 Å². The van der Waals surface area contributed by atoms with Crippen LogP contribution < -0.4 is 22.1 Å². The van der Waals surface area contributed by atoms with Gasteiger partial charge in [0, 0.05) is 44.9 Å². The van der Waals surface area contributed by atoms with E-state index < -0.39 is 0 Å². The summed E-state index contributed by atoms with van der Waals surface area (Å²) in [5.41, 5.74) is 18.1. The Hall–Kier alpha value is -3.87. The summed E-state index contributed by atoms with van der Waals surface area (Å²) in [7, 11) is 0. The van der Waals surface area contributed by atoms with Gasteiger partial charge < -0.3 is 22.1 Å². The number of anilines is 4. The number of nitrogens with one attached hydrogen (secondary N) is 2. The summed E-state index contributed by atoms with van der Waals surface area (Å²) in [5.74, 6) is 0. The summed E-state index contributed by atoms with van der Waals surface area (Å²) < 4.78 is 0. The molecule has 0 aliphatic heterocycles. The Balaban J connectivity index is 1.55. The molecule has 6 N–H and O–H groups in total. The number of nitrogen functional groups attached to an aromatic ring is 2. The number of hydrogen-bond donors (Lipinski definition) is 4. The van der Waals surface area contributed by atoms with E-state index in [9.17, 15) is 4.79 Å². The molecule has 29 heavy (non-hydrogen) atoms. The van der Waals surface area contributed by atoms with Crippen molar-refractivity contribution in [1.29, 1.82) is 0 Å². The van der Waals surface area contributed by atoms with Gasteiger partial charge in [-0.3, -0.25) is 9.97 Å². The van der Waals surface area contributed by atoms with Crippen molar-refractivity contribution in [2.75, 3.05) is 22.1 Å². The summed E-state index contributed by atoms with van der Waals surface area (Å²) >= 11 is 0. The summed E-state index contributed by atoms with van der Waals surface area (Å²) in [6, 6.07) is 14.2. The van der Waals surface area contributed by atoms with E-state index in [-0.39, 0.29) is 6.03 Å². The SMILES string of the molecule is CCc1cc(N)c2cc(NC(=O)Nc3ccc4nc(C)cc(N)c4c3)ccc2n1. The number of nitrogens with zero attached hydrogens (tertiary/aromatic N) is 2. The normalized spacial score (nSPS) is 11.0. The predicted octanol–water partition coefficient (Wildman–Crippen LogP) is 4.46. The van der Waals surface area contributed by atoms with Gasteiger partial charge in [-0.25, -0.2) is 4.79 Å². The minimum atomic E-state index is -0.362. The van der Waals surface area contributed by atoms with Crippen molar-refractivity contribution in [3.8, 4) is 0 Å². The molecule has 0 bridgehead atoms. The van der Waals surface area contributed by atoms with Gasteiger partial charge in [-0.2, -0.15) is 0 Å². The van der Waals surface area contributed by atoms with Crippen LogP contribution in [0.2, 0.25) is 0 Å². The molecule has 2 heterocycles. The number of carbonyl (C=O) groups is 1. The third kappa shape index (κ3) is 3.75. The first kappa shape index (κ1) is 18.5. The van der Waals surface area contributed by atoms with Crippen molar-refractivity contribution >= 4 is 50.6 Å². The van der Waals surface area contributed by atoms with Crippen LogP contribution in [0.1, 0.15) is 18.3 Å². The van der Waals surface area contributed by atoms with E-state index in [1.54, 1.807) is 12.1 Å². The summed E-state index contributed by atoms with van der Waals surface area (Å²) in [4.78, 5) is 21.5. The van der Waals surface area contributed by atoms with Crippen LogP contribution in [0.25, 0.3) is 21.8 Å². The molecular weight excluding hydrogens is 364 g/mol. The lowest BCUT2D eigenvalue weighted by atomic mass is 10.1. The van der Waals surface area contributed by atoms with Crippen molar-refractivity contribution < 1.29 is 4.79 Å². The molecule has 0 spiro atoms. The van der Waals surface area contributed by atoms with E-state index in [4.69, 9.17) is 11.5 Å². The Morgan fingerprint density at radius 3 is 2.00 bits per heavy atom. The minimum absolute atomic E-state index is 0.362. The maximum atomic E-state index is 12.5. The van der Waals surface area contributed by atoms with Crippen LogP contribution in [0.5, 0.6) is 0 Å². The standard InChI is InChI=1S/C22H22N6O/c1-3-13-11-19(24)17-10-15(5-7-21(17)26-13)28-22(29)27-14-4-6-20-16(9-14)18(23)8-12(2)25-20/h4-11H,3H2,1-2H3,(H2,23,25)(H2,24,26)(H2,27,28,29). The summed E-state index contributed by atoms with van der Waals surface area (Å²) in [6.45, 7) is 3.93. The van der Waals surface area contributed by atoms with Crippen LogP contribution in [0, 0.1) is 6.92 Å². The molecule has 7 nitrogen and oxygen atoms in total. The van der Waals surface area contributed by atoms with E-state index in [0.29, 0.717) is 22.7 Å². The van der Waals surface area contributed by atoms with Gasteiger partial charge in [-0.1, -0.05) is 6.92 Å². The zero-order valence-electron chi connectivity index (χ0n) is 16.3. The van der Waals surface area contributed by atoms with Crippen molar-refractivity contribution in [3.05, 3.63) is 59.9 Å². The molecule has 0 fully saturated rings. The number of fused-ring (bicyclic) bond motifs is 2. The van der Waals surface area contributed by atoms with Crippen LogP contribution >= 0.6 is 0 Å². The van der Waals surface area contributed by atoms with Crippen LogP contribution in [-0.2, 0) is 6.42 Å². The fraction of sp³-hybridized carbons (Fsp3) is 0.136. The van der Waals surface area contributed by atoms with Gasteiger partial charge in [-0.05, 0) is 61.9 Å². The lowest BCUT2D eigenvalue weighted by Crippen LogP contribution is -2.19. The number of benzene rings is 2. The first-order valence-corrected chi connectivity index (χ1v) is 9.37. The molecule has 4 rings (SSSR count). The number of hydrogen-bond acceptors (Lipinski definition) is 5. The molecule has 0 radical (unpaired) electrons. The topological polar surface area (TPSA) is 119 Å². The third-order valence-electron chi connectivity index (χ3n) is 4.74. The fourth-order valence-corrected chi connectivity index (χ4v) is 3.33. The van der Waals surface area contributed by atoms with Crippen molar-refractivity contribution in [2.45, 2.75) is 20.3 Å². The number of rotatable bonds is 3. The second kappa shape index (κ2) is 7.27. The van der Waals surface area contributed by atoms with Gasteiger partial charge in [-0.15, -0.1) is 0 Å². The minimum Gasteiger partial charge on any atom is -0.398 e. The lowest BCUT2D eigenvalue weighted by molar-refractivity contribution is 0.262. The third-order valence-corrected chi connectivity index (χ3v) is 4.74. The van der Waals surface area contributed by atoms with Crippen LogP contribution in [0.15, 0.2) is 48.5 Å². The molecule has 0 saturated carbocycles. The first-order valence-electron chi connectivity index (χ1n) is 9.37. The number of carbonyl (C=O) groups excluding carboxylic acids is 1. The fourth-order valence-electron chi connectivity index (χ4n) is 3.33. The Morgan fingerprint density at radius 1 is 0.862 bits per heavy atom. The highest BCUT2D eigenvalue weighted by molar-refractivity contribution is 6.03. The second-order valence-electron chi connectivity index (χ2n) is 6.95. The average molecular weight is 386 g/mol. The number of urea groups is 1. The van der Waals surface area contributed by atoms with E-state index >= 15 is 0 Å². The summed E-state index contributed by atoms with van der Waals surface area (Å²) in [5, 5.41) is 7.26. The number of nitrogens with two attached hydrogens (primary N) is 2. The quantitative estimate of drug-likeness (QED) is 0.414. The van der Waals surface area contributed by atoms with E-state index in [1.807, 2.05) is 50.2 Å². The van der Waals surface area contributed by atoms with Crippen LogP contribution in [-0.4, -0.2) is 16.0 Å². The average Bonchev–Trinajstić information content (AvgIpc) is 2.68. The maximum Gasteiger partial charge on any atom is 0.323 e. The Morgan fingerprint density at radius 2 is 1.41 bits per heavy atom. The largest absolute Gasteiger partial charge is 0.398 e. The molecule has 0 aliphatic carbocycles. The Bertz CT molecular complexity index is 1250. The highest BCUT2D eigenvalue weighted by Crippen LogP contribution is 2.26. The monoisotopic (exact) mass is 386 g/mol. The zero-order chi connectivity index (χ0) is 20.5.